The molecule has 0 aromatic heterocycles. The van der Waals surface area contributed by atoms with Gasteiger partial charge in [0.15, 0.2) is 0 Å². The Morgan fingerprint density at radius 2 is 1.10 bits per heavy atom. The van der Waals surface area contributed by atoms with Gasteiger partial charge in [0.1, 0.15) is 6.54 Å². The quantitative estimate of drug-likeness (QED) is 0.144. The first-order valence-corrected chi connectivity index (χ1v) is 12.9. The number of hydrogen-bond donors (Lipinski definition) is 6. The van der Waals surface area contributed by atoms with Crippen LogP contribution in [0.4, 0.5) is 9.59 Å². The van der Waals surface area contributed by atoms with Crippen LogP contribution in [-0.2, 0) is 39.3 Å². The summed E-state index contributed by atoms with van der Waals surface area (Å²) in [7, 11) is 0. The molecule has 3 rings (SSSR count). The van der Waals surface area contributed by atoms with Crippen LogP contribution in [0.25, 0.3) is 0 Å². The lowest BCUT2D eigenvalue weighted by Gasteiger charge is -2.23. The molecule has 0 saturated heterocycles. The Labute approximate surface area is 233 Å². The summed E-state index contributed by atoms with van der Waals surface area (Å²) in [6.07, 6.45) is 0. The highest BCUT2D eigenvalue weighted by atomic mass is 16.5. The van der Waals surface area contributed by atoms with Crippen molar-refractivity contribution in [1.29, 1.82) is 0 Å². The van der Waals surface area contributed by atoms with E-state index in [-0.39, 0.29) is 39.3 Å². The van der Waals surface area contributed by atoms with E-state index in [1.165, 1.54) is 0 Å². The molecule has 0 bridgehead atoms. The molecule has 11 nitrogen and oxygen atoms in total. The summed E-state index contributed by atoms with van der Waals surface area (Å²) in [4.78, 5) is 38.5. The molecule has 11 heteroatoms. The maximum Gasteiger partial charge on any atom is 0.326 e. The average molecular weight is 549 g/mol. The van der Waals surface area contributed by atoms with Crippen LogP contribution in [0.5, 0.6) is 0 Å². The molecule has 3 aromatic carbocycles. The van der Waals surface area contributed by atoms with Crippen LogP contribution in [0, 0.1) is 25.7 Å². The predicted octanol–water partition coefficient (Wildman–Crippen LogP) is 4.46. The monoisotopic (exact) mass is 548 g/mol. The fourth-order valence-corrected chi connectivity index (χ4v) is 4.25. The third kappa shape index (κ3) is 8.42. The van der Waals surface area contributed by atoms with E-state index in [1.54, 1.807) is 0 Å². The largest absolute Gasteiger partial charge is 0.333 e. The lowest BCUT2D eigenvalue weighted by molar-refractivity contribution is 0.161. The van der Waals surface area contributed by atoms with E-state index in [0.717, 1.165) is 49.4 Å². The van der Waals surface area contributed by atoms with Crippen LogP contribution in [0.2, 0.25) is 0 Å². The predicted molar refractivity (Wildman–Crippen MR) is 150 cm³/mol. The first kappa shape index (κ1) is 30.4. The van der Waals surface area contributed by atoms with E-state index in [0.29, 0.717) is 5.56 Å². The minimum atomic E-state index is -0.593. The van der Waals surface area contributed by atoms with Crippen LogP contribution in [0.1, 0.15) is 50.1 Å². The molecule has 212 valence electrons. The number of nitrogens with one attached hydrogen (secondary N) is 4. The number of imide groups is 1. The van der Waals surface area contributed by atoms with Gasteiger partial charge < -0.3 is 21.0 Å². The Balaban J connectivity index is 1.78. The zero-order valence-electron chi connectivity index (χ0n) is 23.0. The normalized spacial score (nSPS) is 10.7. The molecule has 0 atom stereocenters. The molecule has 6 N–H and O–H groups in total. The number of benzene rings is 3. The molecule has 0 aliphatic carbocycles. The summed E-state index contributed by atoms with van der Waals surface area (Å²) in [5.41, 5.74) is 12.0. The number of carbonyl (C=O) groups is 2. The summed E-state index contributed by atoms with van der Waals surface area (Å²) in [5, 5.41) is 26.8. The van der Waals surface area contributed by atoms with Gasteiger partial charge in [-0.2, -0.15) is 4.91 Å². The lowest BCUT2D eigenvalue weighted by atomic mass is 10.0. The van der Waals surface area contributed by atoms with Crippen molar-refractivity contribution in [2.24, 2.45) is 5.18 Å². The maximum atomic E-state index is 13.3. The number of nitroso groups, excluding NO2 is 1. The summed E-state index contributed by atoms with van der Waals surface area (Å²) < 4.78 is 0. The lowest BCUT2D eigenvalue weighted by Crippen LogP contribution is -2.47. The molecule has 0 heterocycles. The van der Waals surface area contributed by atoms with Crippen LogP contribution in [0.3, 0.4) is 0 Å². The Bertz CT molecular complexity index is 1350. The number of urea groups is 2. The number of hydrogen-bond acceptors (Lipinski definition) is 8. The molecule has 0 fully saturated rings. The van der Waals surface area contributed by atoms with E-state index in [1.807, 2.05) is 75.4 Å². The zero-order chi connectivity index (χ0) is 29.1. The van der Waals surface area contributed by atoms with Crippen molar-refractivity contribution >= 4 is 12.1 Å². The van der Waals surface area contributed by atoms with Crippen molar-refractivity contribution in [3.8, 4) is 0 Å². The molecule has 3 aromatic rings. The standard InChI is InChI=1S/C29H36N6O5/c1-19-4-7-22(10-25(19)15-32-38)13-30-28(36)35(18-24-9-6-21(3)27(12-24)17-34-40)29(37)31-14-23-8-5-20(2)26(11-23)16-33-39/h4-12,32,34,38,40H,13-18H2,1-3H3,(H,30,36)(H,31,37). The van der Waals surface area contributed by atoms with Gasteiger partial charge in [0.2, 0.25) is 0 Å². The molecule has 0 saturated carbocycles. The summed E-state index contributed by atoms with van der Waals surface area (Å²) in [6.45, 7) is 6.57. The van der Waals surface area contributed by atoms with Gasteiger partial charge in [0.25, 0.3) is 0 Å². The number of hydroxylamine groups is 2. The fourth-order valence-electron chi connectivity index (χ4n) is 4.25. The molecular weight excluding hydrogens is 512 g/mol. The molecule has 40 heavy (non-hydrogen) atoms. The highest BCUT2D eigenvalue weighted by Gasteiger charge is 2.22. The van der Waals surface area contributed by atoms with Gasteiger partial charge in [-0.1, -0.05) is 59.8 Å². The third-order valence-electron chi connectivity index (χ3n) is 6.73. The summed E-state index contributed by atoms with van der Waals surface area (Å²) in [6, 6.07) is 15.5. The van der Waals surface area contributed by atoms with Gasteiger partial charge in [-0.25, -0.2) is 25.4 Å². The maximum absolute atomic E-state index is 13.3. The smallest absolute Gasteiger partial charge is 0.326 e. The Hall–Kier alpha value is -4.16. The second-order valence-electron chi connectivity index (χ2n) is 9.64. The van der Waals surface area contributed by atoms with Gasteiger partial charge in [0, 0.05) is 26.2 Å². The number of amides is 4. The van der Waals surface area contributed by atoms with Gasteiger partial charge in [0.05, 0.1) is 6.54 Å². The molecule has 4 amide bonds. The van der Waals surface area contributed by atoms with E-state index in [9.17, 15) is 14.5 Å². The van der Waals surface area contributed by atoms with Crippen molar-refractivity contribution in [3.05, 3.63) is 110 Å². The first-order chi connectivity index (χ1) is 19.2. The molecule has 0 unspecified atom stereocenters. The van der Waals surface area contributed by atoms with E-state index < -0.39 is 12.1 Å². The van der Waals surface area contributed by atoms with Crippen LogP contribution in [0.15, 0.2) is 59.8 Å². The highest BCUT2D eigenvalue weighted by Crippen LogP contribution is 2.16. The van der Waals surface area contributed by atoms with E-state index in [2.05, 4.69) is 26.8 Å². The molecule has 0 spiro atoms. The van der Waals surface area contributed by atoms with Gasteiger partial charge in [-0.15, -0.1) is 0 Å². The van der Waals surface area contributed by atoms with E-state index >= 15 is 0 Å². The van der Waals surface area contributed by atoms with Crippen molar-refractivity contribution in [1.82, 2.24) is 26.5 Å². The van der Waals surface area contributed by atoms with Gasteiger partial charge in [-0.3, -0.25) is 0 Å². The molecule has 0 aliphatic rings. The van der Waals surface area contributed by atoms with Crippen molar-refractivity contribution in [2.75, 3.05) is 0 Å². The summed E-state index contributed by atoms with van der Waals surface area (Å²) in [5.74, 6) is 0. The summed E-state index contributed by atoms with van der Waals surface area (Å²) >= 11 is 0. The van der Waals surface area contributed by atoms with Crippen LogP contribution < -0.4 is 21.6 Å². The third-order valence-corrected chi connectivity index (χ3v) is 6.73. The number of nitrogens with zero attached hydrogens (tertiary/aromatic N) is 2. The minimum Gasteiger partial charge on any atom is -0.333 e. The number of carbonyl (C=O) groups excluding carboxylic acids is 2. The Morgan fingerprint density at radius 1 is 0.675 bits per heavy atom. The Morgan fingerprint density at radius 3 is 1.57 bits per heavy atom. The first-order valence-electron chi connectivity index (χ1n) is 12.9. The fraction of sp³-hybridized carbons (Fsp3) is 0.310. The SMILES string of the molecule is Cc1ccc(CNC(=O)N(Cc2ccc(C)c(CNO)c2)C(=O)NCc2ccc(C)c(CNO)c2)cc1CN=O. The van der Waals surface area contributed by atoms with E-state index in [4.69, 9.17) is 10.4 Å². The number of aryl methyl sites for hydroxylation is 3. The molecule has 0 aliphatic heterocycles. The van der Waals surface area contributed by atoms with Crippen molar-refractivity contribution < 1.29 is 20.0 Å². The second kappa shape index (κ2) is 14.8. The zero-order valence-corrected chi connectivity index (χ0v) is 23.0. The Kier molecular flexibility index (Phi) is 11.3. The molecular formula is C29H36N6O5. The van der Waals surface area contributed by atoms with Crippen molar-refractivity contribution in [3.63, 3.8) is 0 Å². The number of rotatable bonds is 12. The minimum absolute atomic E-state index is 0.00182. The van der Waals surface area contributed by atoms with Crippen LogP contribution >= 0.6 is 0 Å². The van der Waals surface area contributed by atoms with Gasteiger partial charge in [-0.05, 0) is 70.8 Å². The molecule has 0 radical (unpaired) electrons. The highest BCUT2D eigenvalue weighted by molar-refractivity contribution is 5.93. The second-order valence-corrected chi connectivity index (χ2v) is 9.64. The van der Waals surface area contributed by atoms with Gasteiger partial charge >= 0.3 is 12.1 Å². The topological polar surface area (TPSA) is 155 Å². The average Bonchev–Trinajstić information content (AvgIpc) is 2.94. The van der Waals surface area contributed by atoms with Crippen molar-refractivity contribution in [2.45, 2.75) is 60.0 Å². The van der Waals surface area contributed by atoms with Crippen LogP contribution in [-0.4, -0.2) is 27.4 Å².